The van der Waals surface area contributed by atoms with E-state index in [-0.39, 0.29) is 5.91 Å². The van der Waals surface area contributed by atoms with Gasteiger partial charge in [-0.05, 0) is 38.5 Å². The number of carbonyl (C=O) groups is 1. The van der Waals surface area contributed by atoms with Gasteiger partial charge in [0.2, 0.25) is 5.91 Å². The fraction of sp³-hybridized carbons (Fsp3) is 0.861. The van der Waals surface area contributed by atoms with Crippen molar-refractivity contribution in [2.75, 3.05) is 5.75 Å². The average Bonchev–Trinajstić information content (AvgIpc) is 2.96. The second-order valence-electron chi connectivity index (χ2n) is 12.5. The second-order valence-corrected chi connectivity index (χ2v) is 14.0. The fourth-order valence-electron chi connectivity index (χ4n) is 5.43. The largest absolute Gasteiger partial charge is 0.391 e. The van der Waals surface area contributed by atoms with Gasteiger partial charge in [0, 0.05) is 6.42 Å². The van der Waals surface area contributed by atoms with Gasteiger partial charge in [-0.2, -0.15) is 8.42 Å². The van der Waals surface area contributed by atoms with Crippen LogP contribution >= 0.6 is 0 Å². The highest BCUT2D eigenvalue weighted by molar-refractivity contribution is 7.85. The summed E-state index contributed by atoms with van der Waals surface area (Å²) in [4.78, 5) is 12.4. The Labute approximate surface area is 266 Å². The quantitative estimate of drug-likeness (QED) is 0.0391. The van der Waals surface area contributed by atoms with Crippen LogP contribution in [0.3, 0.4) is 0 Å². The third-order valence-electron chi connectivity index (χ3n) is 8.14. The van der Waals surface area contributed by atoms with E-state index in [0.717, 1.165) is 70.6 Å². The molecule has 2 unspecified atom stereocenters. The molecule has 3 N–H and O–H groups in total. The van der Waals surface area contributed by atoms with Crippen LogP contribution in [0.5, 0.6) is 0 Å². The third kappa shape index (κ3) is 32.0. The Morgan fingerprint density at radius 2 is 1.09 bits per heavy atom. The van der Waals surface area contributed by atoms with E-state index in [1.165, 1.54) is 83.5 Å². The highest BCUT2D eigenvalue weighted by Gasteiger charge is 2.26. The SMILES string of the molecule is CCC/C=C\C/C=C\CCCCCCCC(=O)NC(CS(=O)(=O)O)C(O)CCCCCCCCCCCCCCCCC. The zero-order valence-corrected chi connectivity index (χ0v) is 28.9. The van der Waals surface area contributed by atoms with Crippen LogP contribution in [-0.2, 0) is 14.9 Å². The first-order chi connectivity index (χ1) is 20.8. The van der Waals surface area contributed by atoms with Crippen molar-refractivity contribution in [3.05, 3.63) is 24.3 Å². The molecule has 7 heteroatoms. The van der Waals surface area contributed by atoms with Crippen LogP contribution in [0.1, 0.15) is 181 Å². The topological polar surface area (TPSA) is 104 Å². The van der Waals surface area contributed by atoms with Crippen LogP contribution in [0.4, 0.5) is 0 Å². The second kappa shape index (κ2) is 30.8. The van der Waals surface area contributed by atoms with E-state index in [9.17, 15) is 22.9 Å². The lowest BCUT2D eigenvalue weighted by Gasteiger charge is -2.23. The van der Waals surface area contributed by atoms with Crippen LogP contribution in [0, 0.1) is 0 Å². The van der Waals surface area contributed by atoms with Gasteiger partial charge in [0.25, 0.3) is 10.1 Å². The van der Waals surface area contributed by atoms with Crippen LogP contribution < -0.4 is 5.32 Å². The van der Waals surface area contributed by atoms with Gasteiger partial charge >= 0.3 is 0 Å². The van der Waals surface area contributed by atoms with Crippen molar-refractivity contribution in [2.24, 2.45) is 0 Å². The molecule has 0 saturated carbocycles. The molecule has 0 aromatic rings. The summed E-state index contributed by atoms with van der Waals surface area (Å²) < 4.78 is 32.4. The number of hydrogen-bond acceptors (Lipinski definition) is 4. The smallest absolute Gasteiger partial charge is 0.266 e. The Hall–Kier alpha value is -1.18. The van der Waals surface area contributed by atoms with Crippen molar-refractivity contribution >= 4 is 16.0 Å². The Bertz CT molecular complexity index is 781. The first-order valence-electron chi connectivity index (χ1n) is 18.0. The number of allylic oxidation sites excluding steroid dienone is 4. The van der Waals surface area contributed by atoms with Crippen molar-refractivity contribution in [2.45, 2.75) is 193 Å². The molecule has 1 amide bonds. The first kappa shape index (κ1) is 41.8. The number of aliphatic hydroxyl groups is 1. The Morgan fingerprint density at radius 1 is 0.628 bits per heavy atom. The van der Waals surface area contributed by atoms with Gasteiger partial charge < -0.3 is 10.4 Å². The molecule has 0 spiro atoms. The Morgan fingerprint density at radius 3 is 1.60 bits per heavy atom. The van der Waals surface area contributed by atoms with Gasteiger partial charge in [0.1, 0.15) is 0 Å². The van der Waals surface area contributed by atoms with Crippen molar-refractivity contribution in [3.8, 4) is 0 Å². The molecule has 0 fully saturated rings. The van der Waals surface area contributed by atoms with E-state index in [0.29, 0.717) is 12.8 Å². The van der Waals surface area contributed by atoms with E-state index in [4.69, 9.17) is 0 Å². The summed E-state index contributed by atoms with van der Waals surface area (Å²) in [5.74, 6) is -0.913. The summed E-state index contributed by atoms with van der Waals surface area (Å²) in [6, 6.07) is -0.974. The number of aliphatic hydroxyl groups excluding tert-OH is 1. The predicted molar refractivity (Wildman–Crippen MR) is 184 cm³/mol. The van der Waals surface area contributed by atoms with E-state index < -0.39 is 28.0 Å². The molecule has 0 aromatic heterocycles. The van der Waals surface area contributed by atoms with Gasteiger partial charge in [0.05, 0.1) is 17.9 Å². The summed E-state index contributed by atoms with van der Waals surface area (Å²) in [5, 5.41) is 13.3. The minimum absolute atomic E-state index is 0.261. The average molecular weight is 628 g/mol. The molecular weight excluding hydrogens is 558 g/mol. The molecule has 0 heterocycles. The summed E-state index contributed by atoms with van der Waals surface area (Å²) in [6.07, 6.45) is 36.9. The van der Waals surface area contributed by atoms with Crippen LogP contribution in [-0.4, -0.2) is 41.9 Å². The van der Waals surface area contributed by atoms with Crippen LogP contribution in [0.15, 0.2) is 24.3 Å². The maximum atomic E-state index is 12.4. The molecule has 0 aliphatic rings. The standard InChI is InChI=1S/C36H69NO5S/c1-3-5-7-9-11-13-15-17-18-20-21-23-25-27-29-31-35(38)34(33-43(40,41)42)37-36(39)32-30-28-26-24-22-19-16-14-12-10-8-6-4-2/h8,10,14,16,34-35,38H,3-7,9,11-13,15,17-33H2,1-2H3,(H,37,39)(H,40,41,42)/b10-8-,16-14-. The molecule has 254 valence electrons. The van der Waals surface area contributed by atoms with Gasteiger partial charge in [-0.1, -0.05) is 160 Å². The molecular formula is C36H69NO5S. The van der Waals surface area contributed by atoms with E-state index in [1.54, 1.807) is 0 Å². The molecule has 0 radical (unpaired) electrons. The predicted octanol–water partition coefficient (Wildman–Crippen LogP) is 10.0. The summed E-state index contributed by atoms with van der Waals surface area (Å²) in [7, 11) is -4.31. The monoisotopic (exact) mass is 627 g/mol. The molecule has 2 atom stereocenters. The van der Waals surface area contributed by atoms with E-state index >= 15 is 0 Å². The van der Waals surface area contributed by atoms with Gasteiger partial charge in [-0.3, -0.25) is 9.35 Å². The Kier molecular flexibility index (Phi) is 30.0. The molecule has 6 nitrogen and oxygen atoms in total. The van der Waals surface area contributed by atoms with Gasteiger partial charge in [0.15, 0.2) is 0 Å². The lowest BCUT2D eigenvalue weighted by molar-refractivity contribution is -0.122. The number of rotatable bonds is 32. The lowest BCUT2D eigenvalue weighted by atomic mass is 10.0. The molecule has 0 saturated heterocycles. The van der Waals surface area contributed by atoms with Crippen LogP contribution in [0.25, 0.3) is 0 Å². The highest BCUT2D eigenvalue weighted by atomic mass is 32.2. The molecule has 0 aliphatic carbocycles. The number of amides is 1. The number of nitrogens with one attached hydrogen (secondary N) is 1. The Balaban J connectivity index is 3.95. The molecule has 0 aliphatic heterocycles. The minimum atomic E-state index is -4.31. The van der Waals surface area contributed by atoms with Crippen molar-refractivity contribution in [1.82, 2.24) is 5.32 Å². The summed E-state index contributed by atoms with van der Waals surface area (Å²) >= 11 is 0. The summed E-state index contributed by atoms with van der Waals surface area (Å²) in [5.41, 5.74) is 0. The molecule has 0 bridgehead atoms. The molecule has 0 rings (SSSR count). The van der Waals surface area contributed by atoms with Crippen molar-refractivity contribution < 1.29 is 22.9 Å². The normalized spacial score (nSPS) is 13.7. The summed E-state index contributed by atoms with van der Waals surface area (Å²) in [6.45, 7) is 4.44. The van der Waals surface area contributed by atoms with Crippen molar-refractivity contribution in [1.29, 1.82) is 0 Å². The van der Waals surface area contributed by atoms with Gasteiger partial charge in [-0.15, -0.1) is 0 Å². The van der Waals surface area contributed by atoms with E-state index in [2.05, 4.69) is 43.5 Å². The molecule has 43 heavy (non-hydrogen) atoms. The third-order valence-corrected chi connectivity index (χ3v) is 8.92. The van der Waals surface area contributed by atoms with Gasteiger partial charge in [-0.25, -0.2) is 0 Å². The first-order valence-corrected chi connectivity index (χ1v) is 19.6. The maximum absolute atomic E-state index is 12.4. The zero-order valence-electron chi connectivity index (χ0n) is 28.1. The highest BCUT2D eigenvalue weighted by Crippen LogP contribution is 2.15. The van der Waals surface area contributed by atoms with Crippen molar-refractivity contribution in [3.63, 3.8) is 0 Å². The van der Waals surface area contributed by atoms with E-state index in [1.807, 2.05) is 0 Å². The number of unbranched alkanes of at least 4 members (excludes halogenated alkanes) is 20. The fourth-order valence-corrected chi connectivity index (χ4v) is 6.19. The van der Waals surface area contributed by atoms with Crippen LogP contribution in [0.2, 0.25) is 0 Å². The zero-order chi connectivity index (χ0) is 31.9. The number of carbonyl (C=O) groups excluding carboxylic acids is 1. The minimum Gasteiger partial charge on any atom is -0.391 e. The number of hydrogen-bond donors (Lipinski definition) is 3. The lowest BCUT2D eigenvalue weighted by Crippen LogP contribution is -2.47. The molecule has 0 aromatic carbocycles. The maximum Gasteiger partial charge on any atom is 0.266 e.